The number of hydrogen-bond donors (Lipinski definition) is 1. The molecule has 5 rings (SSSR count). The van der Waals surface area contributed by atoms with Crippen LogP contribution in [0.5, 0.6) is 11.5 Å². The first kappa shape index (κ1) is 25.4. The molecule has 5 aromatic rings. The Morgan fingerprint density at radius 1 is 0.895 bits per heavy atom. The van der Waals surface area contributed by atoms with Gasteiger partial charge in [-0.3, -0.25) is 9.36 Å². The van der Waals surface area contributed by atoms with Crippen molar-refractivity contribution < 1.29 is 9.53 Å². The average molecular weight is 584 g/mol. The van der Waals surface area contributed by atoms with Gasteiger partial charge in [-0.15, -0.1) is 10.2 Å². The number of amides is 1. The molecule has 1 heterocycles. The number of nitrogens with one attached hydrogen (secondary N) is 1. The SMILES string of the molecule is O=C(CSc1nnc(-c2ccc(Br)cc2)n1-c1ccccc1)N/N=C\c1cccc(Oc2ccccc2)c1. The lowest BCUT2D eigenvalue weighted by Gasteiger charge is -2.10. The number of aromatic nitrogens is 3. The molecule has 0 saturated heterocycles. The van der Waals surface area contributed by atoms with E-state index in [0.717, 1.165) is 27.0 Å². The summed E-state index contributed by atoms with van der Waals surface area (Å²) in [6.07, 6.45) is 1.58. The van der Waals surface area contributed by atoms with Gasteiger partial charge in [0, 0.05) is 15.7 Å². The van der Waals surface area contributed by atoms with Crippen LogP contribution in [0.15, 0.2) is 124 Å². The predicted octanol–water partition coefficient (Wildman–Crippen LogP) is 6.73. The first-order valence-electron chi connectivity index (χ1n) is 11.7. The third-order valence-electron chi connectivity index (χ3n) is 5.32. The molecule has 1 amide bonds. The summed E-state index contributed by atoms with van der Waals surface area (Å²) in [4.78, 5) is 12.5. The maximum absolute atomic E-state index is 12.5. The Kier molecular flexibility index (Phi) is 8.27. The Morgan fingerprint density at radius 2 is 1.61 bits per heavy atom. The van der Waals surface area contributed by atoms with E-state index in [1.807, 2.05) is 114 Å². The maximum Gasteiger partial charge on any atom is 0.250 e. The second-order valence-corrected chi connectivity index (χ2v) is 9.91. The number of carbonyl (C=O) groups is 1. The van der Waals surface area contributed by atoms with Crippen molar-refractivity contribution in [3.8, 4) is 28.6 Å². The lowest BCUT2D eigenvalue weighted by Crippen LogP contribution is -2.20. The quantitative estimate of drug-likeness (QED) is 0.118. The standard InChI is InChI=1S/C29H22BrN5O2S/c30-23-16-14-22(15-17-23)28-33-34-29(35(28)24-9-3-1-4-10-24)38-20-27(36)32-31-19-21-8-7-13-26(18-21)37-25-11-5-2-6-12-25/h1-19H,20H2,(H,32,36)/b31-19-. The van der Waals surface area contributed by atoms with Crippen LogP contribution in [0.4, 0.5) is 0 Å². The number of nitrogens with zero attached hydrogens (tertiary/aromatic N) is 4. The third-order valence-corrected chi connectivity index (χ3v) is 6.78. The molecule has 0 spiro atoms. The highest BCUT2D eigenvalue weighted by Gasteiger charge is 2.17. The molecule has 1 aromatic heterocycles. The molecule has 0 fully saturated rings. The number of rotatable bonds is 9. The van der Waals surface area contributed by atoms with Gasteiger partial charge in [-0.1, -0.05) is 88.4 Å². The summed E-state index contributed by atoms with van der Waals surface area (Å²) in [7, 11) is 0. The van der Waals surface area contributed by atoms with E-state index < -0.39 is 0 Å². The van der Waals surface area contributed by atoms with Crippen molar-refractivity contribution in [2.45, 2.75) is 5.16 Å². The van der Waals surface area contributed by atoms with Crippen LogP contribution < -0.4 is 10.2 Å². The molecule has 9 heteroatoms. The summed E-state index contributed by atoms with van der Waals surface area (Å²) < 4.78 is 8.78. The number of benzene rings is 4. The van der Waals surface area contributed by atoms with Gasteiger partial charge in [-0.25, -0.2) is 5.43 Å². The van der Waals surface area contributed by atoms with Gasteiger partial charge in [0.2, 0.25) is 0 Å². The molecule has 0 unspecified atom stereocenters. The fourth-order valence-electron chi connectivity index (χ4n) is 3.58. The van der Waals surface area contributed by atoms with Crippen LogP contribution in [0.1, 0.15) is 5.56 Å². The highest BCUT2D eigenvalue weighted by atomic mass is 79.9. The number of hydrazone groups is 1. The fourth-order valence-corrected chi connectivity index (χ4v) is 4.59. The predicted molar refractivity (Wildman–Crippen MR) is 154 cm³/mol. The van der Waals surface area contributed by atoms with Crippen molar-refractivity contribution >= 4 is 39.8 Å². The van der Waals surface area contributed by atoms with Crippen molar-refractivity contribution in [3.63, 3.8) is 0 Å². The molecule has 0 atom stereocenters. The molecule has 0 radical (unpaired) electrons. The Balaban J connectivity index is 1.24. The minimum absolute atomic E-state index is 0.125. The van der Waals surface area contributed by atoms with Crippen LogP contribution in [0.3, 0.4) is 0 Å². The summed E-state index contributed by atoms with van der Waals surface area (Å²) in [5.41, 5.74) is 5.21. The van der Waals surface area contributed by atoms with Crippen molar-refractivity contribution in [2.24, 2.45) is 5.10 Å². The van der Waals surface area contributed by atoms with Gasteiger partial charge in [0.1, 0.15) is 11.5 Å². The number of hydrogen-bond acceptors (Lipinski definition) is 6. The number of carbonyl (C=O) groups excluding carboxylic acids is 1. The minimum atomic E-state index is -0.254. The molecule has 0 saturated carbocycles. The van der Waals surface area contributed by atoms with Crippen LogP contribution in [0.25, 0.3) is 17.1 Å². The van der Waals surface area contributed by atoms with E-state index in [1.54, 1.807) is 6.21 Å². The normalized spacial score (nSPS) is 11.0. The van der Waals surface area contributed by atoms with E-state index in [9.17, 15) is 4.79 Å². The molecular weight excluding hydrogens is 562 g/mol. The van der Waals surface area contributed by atoms with Crippen LogP contribution in [-0.2, 0) is 4.79 Å². The van der Waals surface area contributed by atoms with Crippen molar-refractivity contribution in [3.05, 3.63) is 119 Å². The maximum atomic E-state index is 12.5. The summed E-state index contributed by atoms with van der Waals surface area (Å²) in [5, 5.41) is 13.5. The van der Waals surface area contributed by atoms with Gasteiger partial charge in [0.25, 0.3) is 5.91 Å². The lowest BCUT2D eigenvalue weighted by atomic mass is 10.2. The molecule has 0 bridgehead atoms. The molecule has 188 valence electrons. The summed E-state index contributed by atoms with van der Waals surface area (Å²) in [6.45, 7) is 0. The first-order valence-corrected chi connectivity index (χ1v) is 13.5. The second kappa shape index (κ2) is 12.4. The summed E-state index contributed by atoms with van der Waals surface area (Å²) in [6, 6.07) is 34.7. The number of para-hydroxylation sites is 2. The van der Waals surface area contributed by atoms with Crippen LogP contribution >= 0.6 is 27.7 Å². The van der Waals surface area contributed by atoms with E-state index in [1.165, 1.54) is 11.8 Å². The van der Waals surface area contributed by atoms with Crippen LogP contribution in [0, 0.1) is 0 Å². The third kappa shape index (κ3) is 6.56. The van der Waals surface area contributed by atoms with Crippen LogP contribution in [0.2, 0.25) is 0 Å². The Morgan fingerprint density at radius 3 is 2.37 bits per heavy atom. The smallest absolute Gasteiger partial charge is 0.250 e. The molecule has 7 nitrogen and oxygen atoms in total. The van der Waals surface area contributed by atoms with Gasteiger partial charge < -0.3 is 4.74 Å². The van der Waals surface area contributed by atoms with Gasteiger partial charge in [0.15, 0.2) is 11.0 Å². The molecule has 0 aliphatic rings. The van der Waals surface area contributed by atoms with Crippen LogP contribution in [-0.4, -0.2) is 32.6 Å². The highest BCUT2D eigenvalue weighted by Crippen LogP contribution is 2.28. The van der Waals surface area contributed by atoms with E-state index in [0.29, 0.717) is 16.7 Å². The molecule has 4 aromatic carbocycles. The molecule has 0 aliphatic carbocycles. The van der Waals surface area contributed by atoms with Gasteiger partial charge in [-0.2, -0.15) is 5.10 Å². The zero-order chi connectivity index (χ0) is 26.2. The van der Waals surface area contributed by atoms with Crippen molar-refractivity contribution in [2.75, 3.05) is 5.75 Å². The van der Waals surface area contributed by atoms with Gasteiger partial charge >= 0.3 is 0 Å². The number of halogens is 1. The number of ether oxygens (including phenoxy) is 1. The van der Waals surface area contributed by atoms with E-state index in [2.05, 4.69) is 36.7 Å². The average Bonchev–Trinajstić information content (AvgIpc) is 3.37. The summed E-state index contributed by atoms with van der Waals surface area (Å²) in [5.74, 6) is 2.00. The van der Waals surface area contributed by atoms with E-state index in [-0.39, 0.29) is 11.7 Å². The molecule has 1 N–H and O–H groups in total. The largest absolute Gasteiger partial charge is 0.457 e. The topological polar surface area (TPSA) is 81.4 Å². The molecule has 0 aliphatic heterocycles. The Hall–Kier alpha value is -4.21. The van der Waals surface area contributed by atoms with Gasteiger partial charge in [-0.05, 0) is 54.1 Å². The van der Waals surface area contributed by atoms with E-state index >= 15 is 0 Å². The monoisotopic (exact) mass is 583 g/mol. The second-order valence-electron chi connectivity index (χ2n) is 8.05. The summed E-state index contributed by atoms with van der Waals surface area (Å²) >= 11 is 4.76. The highest BCUT2D eigenvalue weighted by molar-refractivity contribution is 9.10. The number of thioether (sulfide) groups is 1. The minimum Gasteiger partial charge on any atom is -0.457 e. The first-order chi connectivity index (χ1) is 18.7. The van der Waals surface area contributed by atoms with Crippen molar-refractivity contribution in [1.29, 1.82) is 0 Å². The Labute approximate surface area is 232 Å². The zero-order valence-corrected chi connectivity index (χ0v) is 22.5. The fraction of sp³-hybridized carbons (Fsp3) is 0.0345. The lowest BCUT2D eigenvalue weighted by molar-refractivity contribution is -0.118. The zero-order valence-electron chi connectivity index (χ0n) is 20.1. The van der Waals surface area contributed by atoms with E-state index in [4.69, 9.17) is 4.74 Å². The van der Waals surface area contributed by atoms with Crippen molar-refractivity contribution in [1.82, 2.24) is 20.2 Å². The Bertz CT molecular complexity index is 1540. The molecular formula is C29H22BrN5O2S. The van der Waals surface area contributed by atoms with Gasteiger partial charge in [0.05, 0.1) is 12.0 Å². The molecule has 38 heavy (non-hydrogen) atoms.